The maximum atomic E-state index is 6.15. The smallest absolute Gasteiger partial charge is 0.0637 e. The summed E-state index contributed by atoms with van der Waals surface area (Å²) in [6, 6.07) is 2.33. The number of nitrogens with one attached hydrogen (secondary N) is 1. The summed E-state index contributed by atoms with van der Waals surface area (Å²) < 4.78 is 0. The van der Waals surface area contributed by atoms with E-state index < -0.39 is 0 Å². The molecule has 1 unspecified atom stereocenters. The lowest BCUT2D eigenvalue weighted by molar-refractivity contribution is 0.359. The third kappa shape index (κ3) is 2.93. The topological polar surface area (TPSA) is 24.9 Å². The zero-order valence-electron chi connectivity index (χ0n) is 9.63. The summed E-state index contributed by atoms with van der Waals surface area (Å²) in [6.45, 7) is 4.43. The van der Waals surface area contributed by atoms with Crippen LogP contribution >= 0.6 is 11.6 Å². The number of rotatable bonds is 5. The highest BCUT2D eigenvalue weighted by Gasteiger charge is 2.20. The maximum absolute atomic E-state index is 6.15. The van der Waals surface area contributed by atoms with Crippen molar-refractivity contribution in [2.24, 2.45) is 5.92 Å². The Kier molecular flexibility index (Phi) is 5.06. The maximum Gasteiger partial charge on any atom is 0.0637 e. The third-order valence-corrected chi connectivity index (χ3v) is 3.29. The Morgan fingerprint density at radius 2 is 2.07 bits per heavy atom. The van der Waals surface area contributed by atoms with Gasteiger partial charge in [0.1, 0.15) is 0 Å². The predicted octanol–water partition coefficient (Wildman–Crippen LogP) is 3.43. The molecule has 0 aliphatic carbocycles. The molecule has 0 saturated heterocycles. The van der Waals surface area contributed by atoms with E-state index in [2.05, 4.69) is 24.1 Å². The molecular formula is C12H19ClN2. The van der Waals surface area contributed by atoms with Gasteiger partial charge in [-0.15, -0.1) is 0 Å². The Balaban J connectivity index is 2.96. The Hall–Kier alpha value is -0.600. The standard InChI is InChI=1S/C12H19ClN2/c1-4-9(5-2)12(14-3)10-6-7-15-8-11(10)13/h6-9,12,14H,4-5H2,1-3H3. The number of pyridine rings is 1. The minimum atomic E-state index is 0.329. The van der Waals surface area contributed by atoms with Crippen LogP contribution in [0.2, 0.25) is 5.02 Å². The molecule has 2 nitrogen and oxygen atoms in total. The average molecular weight is 227 g/mol. The highest BCUT2D eigenvalue weighted by Crippen LogP contribution is 2.30. The lowest BCUT2D eigenvalue weighted by atomic mass is 9.89. The molecule has 0 aromatic carbocycles. The Morgan fingerprint density at radius 3 is 2.53 bits per heavy atom. The molecule has 1 heterocycles. The van der Waals surface area contributed by atoms with Crippen LogP contribution in [0.1, 0.15) is 38.3 Å². The Bertz CT molecular complexity index is 297. The number of nitrogens with zero attached hydrogens (tertiary/aromatic N) is 1. The number of halogens is 1. The summed E-state index contributed by atoms with van der Waals surface area (Å²) in [7, 11) is 1.99. The summed E-state index contributed by atoms with van der Waals surface area (Å²) in [6.07, 6.45) is 5.82. The van der Waals surface area contributed by atoms with E-state index in [-0.39, 0.29) is 0 Å². The van der Waals surface area contributed by atoms with Crippen molar-refractivity contribution < 1.29 is 0 Å². The first-order chi connectivity index (χ1) is 7.24. The molecule has 1 N–H and O–H groups in total. The molecule has 0 spiro atoms. The van der Waals surface area contributed by atoms with Crippen molar-refractivity contribution >= 4 is 11.6 Å². The molecule has 0 amide bonds. The normalized spacial score (nSPS) is 13.1. The minimum absolute atomic E-state index is 0.329. The van der Waals surface area contributed by atoms with Gasteiger partial charge in [-0.25, -0.2) is 0 Å². The van der Waals surface area contributed by atoms with Gasteiger partial charge in [-0.1, -0.05) is 38.3 Å². The van der Waals surface area contributed by atoms with Gasteiger partial charge < -0.3 is 5.32 Å². The van der Waals surface area contributed by atoms with E-state index in [9.17, 15) is 0 Å². The van der Waals surface area contributed by atoms with E-state index >= 15 is 0 Å². The first-order valence-corrected chi connectivity index (χ1v) is 5.89. The average Bonchev–Trinajstić information content (AvgIpc) is 2.27. The van der Waals surface area contributed by atoms with E-state index in [0.717, 1.165) is 23.4 Å². The summed E-state index contributed by atoms with van der Waals surface area (Å²) >= 11 is 6.15. The van der Waals surface area contributed by atoms with Gasteiger partial charge in [-0.2, -0.15) is 0 Å². The highest BCUT2D eigenvalue weighted by molar-refractivity contribution is 6.31. The quantitative estimate of drug-likeness (QED) is 0.832. The lowest BCUT2D eigenvalue weighted by Gasteiger charge is -2.25. The molecule has 1 aromatic rings. The zero-order valence-corrected chi connectivity index (χ0v) is 10.4. The van der Waals surface area contributed by atoms with E-state index in [4.69, 9.17) is 11.6 Å². The number of hydrogen-bond donors (Lipinski definition) is 1. The van der Waals surface area contributed by atoms with Gasteiger partial charge in [-0.3, -0.25) is 4.98 Å². The predicted molar refractivity (Wildman–Crippen MR) is 65.1 cm³/mol. The molecule has 84 valence electrons. The van der Waals surface area contributed by atoms with Gasteiger partial charge in [0.05, 0.1) is 5.02 Å². The first-order valence-electron chi connectivity index (χ1n) is 5.51. The van der Waals surface area contributed by atoms with Gasteiger partial charge >= 0.3 is 0 Å². The monoisotopic (exact) mass is 226 g/mol. The van der Waals surface area contributed by atoms with Crippen LogP contribution in [0.25, 0.3) is 0 Å². The van der Waals surface area contributed by atoms with Crippen molar-refractivity contribution in [3.63, 3.8) is 0 Å². The molecule has 0 fully saturated rings. The van der Waals surface area contributed by atoms with E-state index in [0.29, 0.717) is 12.0 Å². The fraction of sp³-hybridized carbons (Fsp3) is 0.583. The van der Waals surface area contributed by atoms with Crippen LogP contribution in [0.5, 0.6) is 0 Å². The van der Waals surface area contributed by atoms with Gasteiger partial charge in [0.2, 0.25) is 0 Å². The van der Waals surface area contributed by atoms with Crippen LogP contribution in [0.3, 0.4) is 0 Å². The number of aromatic nitrogens is 1. The SMILES string of the molecule is CCC(CC)C(NC)c1ccncc1Cl. The van der Waals surface area contributed by atoms with Crippen molar-refractivity contribution in [1.29, 1.82) is 0 Å². The molecule has 0 radical (unpaired) electrons. The van der Waals surface area contributed by atoms with Crippen molar-refractivity contribution in [1.82, 2.24) is 10.3 Å². The van der Waals surface area contributed by atoms with E-state index in [1.807, 2.05) is 13.1 Å². The Labute approximate surface area is 97.1 Å². The lowest BCUT2D eigenvalue weighted by Crippen LogP contribution is -2.24. The minimum Gasteiger partial charge on any atom is -0.313 e. The van der Waals surface area contributed by atoms with Crippen LogP contribution < -0.4 is 5.32 Å². The third-order valence-electron chi connectivity index (χ3n) is 2.97. The highest BCUT2D eigenvalue weighted by atomic mass is 35.5. The van der Waals surface area contributed by atoms with Gasteiger partial charge in [0.15, 0.2) is 0 Å². The van der Waals surface area contributed by atoms with Crippen LogP contribution in [0.4, 0.5) is 0 Å². The van der Waals surface area contributed by atoms with Crippen LogP contribution in [0, 0.1) is 5.92 Å². The molecule has 1 aromatic heterocycles. The molecule has 0 saturated carbocycles. The molecule has 3 heteroatoms. The van der Waals surface area contributed by atoms with Gasteiger partial charge in [-0.05, 0) is 24.6 Å². The second kappa shape index (κ2) is 6.09. The van der Waals surface area contributed by atoms with Gasteiger partial charge in [0.25, 0.3) is 0 Å². The van der Waals surface area contributed by atoms with E-state index in [1.54, 1.807) is 12.4 Å². The van der Waals surface area contributed by atoms with Crippen LogP contribution in [-0.2, 0) is 0 Å². The summed E-state index contributed by atoms with van der Waals surface area (Å²) in [5.41, 5.74) is 1.16. The fourth-order valence-corrected chi connectivity index (χ4v) is 2.28. The van der Waals surface area contributed by atoms with Crippen molar-refractivity contribution in [2.75, 3.05) is 7.05 Å². The van der Waals surface area contributed by atoms with Crippen molar-refractivity contribution in [3.8, 4) is 0 Å². The zero-order chi connectivity index (χ0) is 11.3. The molecule has 15 heavy (non-hydrogen) atoms. The molecule has 1 rings (SSSR count). The first kappa shape index (κ1) is 12.5. The second-order valence-corrected chi connectivity index (χ2v) is 4.15. The molecular weight excluding hydrogens is 208 g/mol. The second-order valence-electron chi connectivity index (χ2n) is 3.74. The number of hydrogen-bond acceptors (Lipinski definition) is 2. The van der Waals surface area contributed by atoms with Crippen molar-refractivity contribution in [2.45, 2.75) is 32.7 Å². The molecule has 0 bridgehead atoms. The van der Waals surface area contributed by atoms with Gasteiger partial charge in [0, 0.05) is 18.4 Å². The fourth-order valence-electron chi connectivity index (χ4n) is 2.04. The Morgan fingerprint density at radius 1 is 1.40 bits per heavy atom. The van der Waals surface area contributed by atoms with Crippen LogP contribution in [-0.4, -0.2) is 12.0 Å². The summed E-state index contributed by atoms with van der Waals surface area (Å²) in [4.78, 5) is 4.01. The van der Waals surface area contributed by atoms with E-state index in [1.165, 1.54) is 0 Å². The van der Waals surface area contributed by atoms with Crippen LogP contribution in [0.15, 0.2) is 18.5 Å². The summed E-state index contributed by atoms with van der Waals surface area (Å²) in [5, 5.41) is 4.10. The van der Waals surface area contributed by atoms with Crippen molar-refractivity contribution in [3.05, 3.63) is 29.0 Å². The molecule has 0 aliphatic rings. The molecule has 0 aliphatic heterocycles. The summed E-state index contributed by atoms with van der Waals surface area (Å²) in [5.74, 6) is 0.620. The largest absolute Gasteiger partial charge is 0.313 e. The molecule has 1 atom stereocenters.